The Morgan fingerprint density at radius 3 is 2.10 bits per heavy atom. The van der Waals surface area contributed by atoms with Gasteiger partial charge in [0, 0.05) is 6.29 Å². The van der Waals surface area contributed by atoms with Crippen molar-refractivity contribution in [3.63, 3.8) is 0 Å². The van der Waals surface area contributed by atoms with Crippen molar-refractivity contribution in [3.05, 3.63) is 0 Å². The van der Waals surface area contributed by atoms with E-state index in [1.165, 1.54) is 0 Å². The number of hydrogen-bond donors (Lipinski definition) is 3. The van der Waals surface area contributed by atoms with E-state index in [-0.39, 0.29) is 0 Å². The van der Waals surface area contributed by atoms with Crippen molar-refractivity contribution in [2.75, 3.05) is 6.61 Å². The van der Waals surface area contributed by atoms with Crippen molar-refractivity contribution in [1.82, 2.24) is 0 Å². The van der Waals surface area contributed by atoms with Crippen LogP contribution in [0.4, 0.5) is 0 Å². The van der Waals surface area contributed by atoms with Crippen LogP contribution in [-0.4, -0.2) is 46.5 Å². The molecule has 60 valence electrons. The number of ether oxygens (including phenoxy) is 1. The molecule has 1 aliphatic heterocycles. The van der Waals surface area contributed by atoms with Gasteiger partial charge < -0.3 is 25.2 Å². The highest BCUT2D eigenvalue weighted by Crippen LogP contribution is 2.16. The summed E-state index contributed by atoms with van der Waals surface area (Å²) in [6.45, 7) is -0.447. The van der Waals surface area contributed by atoms with Gasteiger partial charge in [0.05, 0.1) is 12.7 Å². The zero-order valence-corrected chi connectivity index (χ0v) is 5.17. The minimum atomic E-state index is -1.63. The second kappa shape index (κ2) is 2.81. The van der Waals surface area contributed by atoms with Crippen LogP contribution in [0.5, 0.6) is 0 Å². The molecule has 10 heavy (non-hydrogen) atoms. The molecule has 1 saturated heterocycles. The molecular weight excluding hydrogens is 140 g/mol. The molecule has 1 heterocycles. The number of aliphatic hydroxyl groups is 3. The Hall–Kier alpha value is -0.200. The molecule has 5 heteroatoms. The summed E-state index contributed by atoms with van der Waals surface area (Å²) in [7, 11) is 0. The van der Waals surface area contributed by atoms with E-state index in [1.54, 1.807) is 0 Å². The average molecular weight is 149 g/mol. The zero-order chi connectivity index (χ0) is 7.72. The van der Waals surface area contributed by atoms with Gasteiger partial charge in [-0.1, -0.05) is 0 Å². The third-order valence-electron chi connectivity index (χ3n) is 1.50. The van der Waals surface area contributed by atoms with E-state index in [0.717, 1.165) is 0 Å². The molecule has 0 aromatic carbocycles. The second-order valence-corrected chi connectivity index (χ2v) is 2.21. The van der Waals surface area contributed by atoms with Gasteiger partial charge in [0.25, 0.3) is 0 Å². The van der Waals surface area contributed by atoms with Crippen LogP contribution in [-0.2, 0) is 4.74 Å². The van der Waals surface area contributed by atoms with Gasteiger partial charge >= 0.3 is 0 Å². The Morgan fingerprint density at radius 2 is 1.90 bits per heavy atom. The minimum absolute atomic E-state index is 0.447. The number of hydrogen-bond acceptors (Lipinski definition) is 5. The molecule has 0 aliphatic carbocycles. The normalized spacial score (nSPS) is 48.0. The van der Waals surface area contributed by atoms with Crippen molar-refractivity contribution in [3.8, 4) is 0 Å². The molecule has 4 atom stereocenters. The molecule has 5 nitrogen and oxygen atoms in total. The topological polar surface area (TPSA) is 93.0 Å². The van der Waals surface area contributed by atoms with E-state index in [4.69, 9.17) is 15.3 Å². The molecule has 1 rings (SSSR count). The molecule has 0 spiro atoms. The van der Waals surface area contributed by atoms with Crippen molar-refractivity contribution in [1.29, 1.82) is 0 Å². The number of rotatable bonds is 1. The molecule has 0 bridgehead atoms. The van der Waals surface area contributed by atoms with Gasteiger partial charge in [-0.3, -0.25) is 0 Å². The lowest BCUT2D eigenvalue weighted by atomic mass is 10.1. The van der Waals surface area contributed by atoms with Crippen LogP contribution in [0.3, 0.4) is 0 Å². The summed E-state index contributed by atoms with van der Waals surface area (Å²) in [5.41, 5.74) is 0. The van der Waals surface area contributed by atoms with Crippen LogP contribution in [0.1, 0.15) is 0 Å². The summed E-state index contributed by atoms with van der Waals surface area (Å²) in [6.07, 6.45) is -5.24. The number of aliphatic hydroxyl groups excluding tert-OH is 3. The summed E-state index contributed by atoms with van der Waals surface area (Å²) in [5, 5.41) is 36.6. The summed E-state index contributed by atoms with van der Waals surface area (Å²) in [6, 6.07) is 0. The van der Waals surface area contributed by atoms with Crippen LogP contribution in [0.2, 0.25) is 0 Å². The maximum absolute atomic E-state index is 10.5. The third-order valence-corrected chi connectivity index (χ3v) is 1.50. The van der Waals surface area contributed by atoms with E-state index in [9.17, 15) is 5.11 Å². The predicted molar refractivity (Wildman–Crippen MR) is 27.8 cm³/mol. The monoisotopic (exact) mass is 149 g/mol. The van der Waals surface area contributed by atoms with Crippen LogP contribution < -0.4 is 5.11 Å². The highest BCUT2D eigenvalue weighted by Gasteiger charge is 2.36. The third kappa shape index (κ3) is 1.14. The lowest BCUT2D eigenvalue weighted by Crippen LogP contribution is -2.39. The molecule has 0 radical (unpaired) electrons. The van der Waals surface area contributed by atoms with E-state index < -0.39 is 31.2 Å². The van der Waals surface area contributed by atoms with E-state index >= 15 is 0 Å². The molecule has 1 fully saturated rings. The predicted octanol–water partition coefficient (Wildman–Crippen LogP) is -3.21. The van der Waals surface area contributed by atoms with Crippen molar-refractivity contribution < 1.29 is 25.2 Å². The first-order chi connectivity index (χ1) is 4.66. The van der Waals surface area contributed by atoms with E-state index in [2.05, 4.69) is 4.74 Å². The molecule has 0 aromatic heterocycles. The van der Waals surface area contributed by atoms with Crippen LogP contribution in [0, 0.1) is 0 Å². The largest absolute Gasteiger partial charge is 0.829 e. The molecule has 1 unspecified atom stereocenters. The fourth-order valence-electron chi connectivity index (χ4n) is 0.865. The summed E-state index contributed by atoms with van der Waals surface area (Å²) in [5.74, 6) is 0. The zero-order valence-electron chi connectivity index (χ0n) is 5.17. The van der Waals surface area contributed by atoms with Crippen LogP contribution in [0.25, 0.3) is 0 Å². The van der Waals surface area contributed by atoms with Gasteiger partial charge in [-0.2, -0.15) is 0 Å². The Kier molecular flexibility index (Phi) is 2.22. The van der Waals surface area contributed by atoms with Crippen molar-refractivity contribution >= 4 is 0 Å². The van der Waals surface area contributed by atoms with Crippen LogP contribution in [0.15, 0.2) is 0 Å². The van der Waals surface area contributed by atoms with Gasteiger partial charge in [-0.15, -0.1) is 0 Å². The SMILES string of the molecule is [O-]C1O[C@H](CO)[C@@H](O)[C@H]1O. The summed E-state index contributed by atoms with van der Waals surface area (Å²) < 4.78 is 4.43. The highest BCUT2D eigenvalue weighted by atomic mass is 16.6. The Labute approximate surface area is 57.5 Å². The minimum Gasteiger partial charge on any atom is -0.829 e. The van der Waals surface area contributed by atoms with Crippen molar-refractivity contribution in [2.24, 2.45) is 0 Å². The fourth-order valence-corrected chi connectivity index (χ4v) is 0.865. The van der Waals surface area contributed by atoms with Crippen LogP contribution >= 0.6 is 0 Å². The first-order valence-corrected chi connectivity index (χ1v) is 2.95. The Morgan fingerprint density at radius 1 is 1.30 bits per heavy atom. The molecule has 0 saturated carbocycles. The lowest BCUT2D eigenvalue weighted by Gasteiger charge is -2.18. The lowest BCUT2D eigenvalue weighted by molar-refractivity contribution is -0.498. The van der Waals surface area contributed by atoms with E-state index in [0.29, 0.717) is 0 Å². The van der Waals surface area contributed by atoms with Crippen molar-refractivity contribution in [2.45, 2.75) is 24.6 Å². The average Bonchev–Trinajstić information content (AvgIpc) is 2.17. The second-order valence-electron chi connectivity index (χ2n) is 2.21. The highest BCUT2D eigenvalue weighted by molar-refractivity contribution is 4.84. The fraction of sp³-hybridized carbons (Fsp3) is 1.00. The molecular formula is C5H9O5-. The quantitative estimate of drug-likeness (QED) is 0.365. The summed E-state index contributed by atoms with van der Waals surface area (Å²) in [4.78, 5) is 0. The molecule has 1 aliphatic rings. The first kappa shape index (κ1) is 7.90. The molecule has 0 amide bonds. The Bertz CT molecular complexity index is 117. The van der Waals surface area contributed by atoms with Gasteiger partial charge in [0.15, 0.2) is 0 Å². The smallest absolute Gasteiger partial charge is 0.109 e. The maximum atomic E-state index is 10.5. The molecule has 3 N–H and O–H groups in total. The van der Waals surface area contributed by atoms with Gasteiger partial charge in [0.2, 0.25) is 0 Å². The molecule has 0 aromatic rings. The Balaban J connectivity index is 2.53. The van der Waals surface area contributed by atoms with Gasteiger partial charge in [0.1, 0.15) is 12.2 Å². The van der Waals surface area contributed by atoms with E-state index in [1.807, 2.05) is 0 Å². The van der Waals surface area contributed by atoms with Gasteiger partial charge in [-0.25, -0.2) is 0 Å². The first-order valence-electron chi connectivity index (χ1n) is 2.95. The maximum Gasteiger partial charge on any atom is 0.109 e. The summed E-state index contributed by atoms with van der Waals surface area (Å²) >= 11 is 0. The standard InChI is InChI=1S/C5H9O5/c6-1-2-3(7)4(8)5(9)10-2/h2-8H,1H2/q-1/t2-,3-,4-,5?/m1/s1. The van der Waals surface area contributed by atoms with Gasteiger partial charge in [-0.05, 0) is 0 Å².